The zero-order valence-corrected chi connectivity index (χ0v) is 22.3. The number of anilines is 1. The summed E-state index contributed by atoms with van der Waals surface area (Å²) in [6.07, 6.45) is 3.85. The predicted octanol–water partition coefficient (Wildman–Crippen LogP) is 4.89. The third-order valence-electron chi connectivity index (χ3n) is 7.72. The number of hydrogen-bond donors (Lipinski definition) is 3. The molecule has 1 fully saturated rings. The van der Waals surface area contributed by atoms with Crippen molar-refractivity contribution >= 4 is 17.5 Å². The lowest BCUT2D eigenvalue weighted by molar-refractivity contribution is -0.130. The van der Waals surface area contributed by atoms with Crippen molar-refractivity contribution in [3.05, 3.63) is 94.0 Å². The zero-order valence-electron chi connectivity index (χ0n) is 22.3. The Labute approximate surface area is 225 Å². The molecule has 0 unspecified atom stereocenters. The lowest BCUT2D eigenvalue weighted by Crippen LogP contribution is -2.48. The number of fused-ring (bicyclic) bond motifs is 1. The molecule has 1 aliphatic carbocycles. The molecule has 6 nitrogen and oxygen atoms in total. The highest BCUT2D eigenvalue weighted by atomic mass is 16.3. The quantitative estimate of drug-likeness (QED) is 0.422. The van der Waals surface area contributed by atoms with E-state index in [1.807, 2.05) is 18.2 Å². The number of aromatic hydroxyl groups is 1. The van der Waals surface area contributed by atoms with Crippen molar-refractivity contribution in [1.29, 1.82) is 0 Å². The van der Waals surface area contributed by atoms with E-state index in [-0.39, 0.29) is 29.4 Å². The maximum absolute atomic E-state index is 13.4. The molecule has 0 spiro atoms. The molecular formula is C32H37N3O3. The van der Waals surface area contributed by atoms with Crippen molar-refractivity contribution in [2.75, 3.05) is 18.4 Å². The fourth-order valence-electron chi connectivity index (χ4n) is 5.96. The van der Waals surface area contributed by atoms with Crippen LogP contribution in [0, 0.1) is 25.7 Å². The first kappa shape index (κ1) is 26.0. The number of phenols is 1. The molecule has 6 heteroatoms. The highest BCUT2D eigenvalue weighted by Crippen LogP contribution is 2.28. The SMILES string of the molecule is Cc1cc(C)cc(CNC(=O)[C@H]2C[C@@H](C(=O)Nc3ccc4c(c3)CCC4)CN(Cc3ccc(O)cc3)C2)c1. The topological polar surface area (TPSA) is 81.7 Å². The second-order valence-corrected chi connectivity index (χ2v) is 11.0. The lowest BCUT2D eigenvalue weighted by atomic mass is 9.87. The van der Waals surface area contributed by atoms with Gasteiger partial charge in [0.2, 0.25) is 11.8 Å². The van der Waals surface area contributed by atoms with E-state index in [0.29, 0.717) is 32.6 Å². The summed E-state index contributed by atoms with van der Waals surface area (Å²) in [7, 11) is 0. The van der Waals surface area contributed by atoms with Crippen LogP contribution in [0.3, 0.4) is 0 Å². The normalized spacial score (nSPS) is 19.1. The number of nitrogens with zero attached hydrogens (tertiary/aromatic N) is 1. The molecule has 0 aromatic heterocycles. The first-order valence-electron chi connectivity index (χ1n) is 13.6. The Hall–Kier alpha value is -3.64. The number of nitrogens with one attached hydrogen (secondary N) is 2. The number of carbonyl (C=O) groups excluding carboxylic acids is 2. The van der Waals surface area contributed by atoms with Crippen LogP contribution in [0.2, 0.25) is 0 Å². The van der Waals surface area contributed by atoms with E-state index >= 15 is 0 Å². The van der Waals surface area contributed by atoms with Crippen LogP contribution in [0.15, 0.2) is 60.7 Å². The Balaban J connectivity index is 1.29. The van der Waals surface area contributed by atoms with Crippen LogP contribution < -0.4 is 10.6 Å². The largest absolute Gasteiger partial charge is 0.508 e. The van der Waals surface area contributed by atoms with Crippen LogP contribution in [0.5, 0.6) is 5.75 Å². The lowest BCUT2D eigenvalue weighted by Gasteiger charge is -2.36. The number of carbonyl (C=O) groups is 2. The van der Waals surface area contributed by atoms with Gasteiger partial charge in [-0.2, -0.15) is 0 Å². The second-order valence-electron chi connectivity index (χ2n) is 11.0. The molecule has 0 bridgehead atoms. The molecule has 2 atom stereocenters. The van der Waals surface area contributed by atoms with Gasteiger partial charge in [-0.25, -0.2) is 0 Å². The van der Waals surface area contributed by atoms with E-state index in [9.17, 15) is 14.7 Å². The predicted molar refractivity (Wildman–Crippen MR) is 150 cm³/mol. The van der Waals surface area contributed by atoms with E-state index in [0.717, 1.165) is 29.7 Å². The summed E-state index contributed by atoms with van der Waals surface area (Å²) >= 11 is 0. The van der Waals surface area contributed by atoms with Crippen molar-refractivity contribution in [3.8, 4) is 5.75 Å². The Bertz CT molecular complexity index is 1300. The fourth-order valence-corrected chi connectivity index (χ4v) is 5.96. The molecule has 2 amide bonds. The summed E-state index contributed by atoms with van der Waals surface area (Å²) in [5, 5.41) is 15.9. The Morgan fingerprint density at radius 1 is 0.842 bits per heavy atom. The monoisotopic (exact) mass is 511 g/mol. The number of aryl methyl sites for hydroxylation is 4. The number of benzene rings is 3. The van der Waals surface area contributed by atoms with Gasteiger partial charge in [0.25, 0.3) is 0 Å². The van der Waals surface area contributed by atoms with Crippen molar-refractivity contribution in [2.45, 2.75) is 52.6 Å². The molecular weight excluding hydrogens is 474 g/mol. The number of rotatable bonds is 7. The van der Waals surface area contributed by atoms with E-state index in [4.69, 9.17) is 0 Å². The molecule has 0 radical (unpaired) electrons. The molecule has 3 aromatic rings. The highest BCUT2D eigenvalue weighted by Gasteiger charge is 2.35. The van der Waals surface area contributed by atoms with Crippen LogP contribution in [-0.2, 0) is 35.5 Å². The van der Waals surface area contributed by atoms with Crippen LogP contribution in [0.4, 0.5) is 5.69 Å². The van der Waals surface area contributed by atoms with E-state index in [1.165, 1.54) is 28.7 Å². The van der Waals surface area contributed by atoms with Gasteiger partial charge in [-0.15, -0.1) is 0 Å². The smallest absolute Gasteiger partial charge is 0.228 e. The summed E-state index contributed by atoms with van der Waals surface area (Å²) in [5.41, 5.74) is 8.01. The molecule has 198 valence electrons. The van der Waals surface area contributed by atoms with Gasteiger partial charge >= 0.3 is 0 Å². The van der Waals surface area contributed by atoms with Gasteiger partial charge in [0.1, 0.15) is 5.75 Å². The summed E-state index contributed by atoms with van der Waals surface area (Å²) < 4.78 is 0. The maximum Gasteiger partial charge on any atom is 0.228 e. The first-order chi connectivity index (χ1) is 18.3. The number of amides is 2. The van der Waals surface area contributed by atoms with Gasteiger partial charge in [-0.05, 0) is 86.1 Å². The van der Waals surface area contributed by atoms with Crippen molar-refractivity contribution in [3.63, 3.8) is 0 Å². The van der Waals surface area contributed by atoms with Gasteiger partial charge in [0.05, 0.1) is 11.8 Å². The fraction of sp³-hybridized carbons (Fsp3) is 0.375. The molecule has 1 heterocycles. The van der Waals surface area contributed by atoms with Crippen molar-refractivity contribution < 1.29 is 14.7 Å². The molecule has 38 heavy (non-hydrogen) atoms. The molecule has 2 aliphatic rings. The van der Waals surface area contributed by atoms with Crippen LogP contribution in [-0.4, -0.2) is 34.9 Å². The maximum atomic E-state index is 13.4. The van der Waals surface area contributed by atoms with Crippen molar-refractivity contribution in [2.24, 2.45) is 11.8 Å². The molecule has 5 rings (SSSR count). The van der Waals surface area contributed by atoms with E-state index < -0.39 is 0 Å². The summed E-state index contributed by atoms with van der Waals surface area (Å²) in [6.45, 7) is 6.38. The van der Waals surface area contributed by atoms with Gasteiger partial charge in [-0.3, -0.25) is 14.5 Å². The molecule has 1 saturated heterocycles. The molecule has 3 aromatic carbocycles. The van der Waals surface area contributed by atoms with Gasteiger partial charge in [-0.1, -0.05) is 47.5 Å². The number of likely N-dealkylation sites (tertiary alicyclic amines) is 1. The van der Waals surface area contributed by atoms with E-state index in [1.54, 1.807) is 12.1 Å². The summed E-state index contributed by atoms with van der Waals surface area (Å²) in [6, 6.07) is 19.7. The number of hydrogen-bond acceptors (Lipinski definition) is 4. The average Bonchev–Trinajstić information content (AvgIpc) is 3.36. The van der Waals surface area contributed by atoms with E-state index in [2.05, 4.69) is 59.7 Å². The third-order valence-corrected chi connectivity index (χ3v) is 7.72. The first-order valence-corrected chi connectivity index (χ1v) is 13.6. The highest BCUT2D eigenvalue weighted by molar-refractivity contribution is 5.93. The number of piperidine rings is 1. The third kappa shape index (κ3) is 6.43. The van der Waals surface area contributed by atoms with Gasteiger partial charge in [0, 0.05) is 31.9 Å². The standard InChI is InChI=1S/C32H37N3O3/c1-21-12-22(2)14-24(13-21)17-33-31(37)27-15-28(20-35(19-27)18-23-6-10-30(36)11-7-23)32(38)34-29-9-8-25-4-3-5-26(25)16-29/h6-14,16,27-28,36H,3-5,15,17-20H2,1-2H3,(H,33,37)(H,34,38)/t27-,28+/m0/s1. The van der Waals surface area contributed by atoms with Crippen LogP contribution in [0.25, 0.3) is 0 Å². The minimum absolute atomic E-state index is 0.0186. The van der Waals surface area contributed by atoms with Gasteiger partial charge < -0.3 is 15.7 Å². The number of phenolic OH excluding ortho intramolecular Hbond substituents is 1. The Morgan fingerprint density at radius 3 is 2.26 bits per heavy atom. The Morgan fingerprint density at radius 2 is 1.53 bits per heavy atom. The summed E-state index contributed by atoms with van der Waals surface area (Å²) in [5.74, 6) is -0.420. The average molecular weight is 512 g/mol. The Kier molecular flexibility index (Phi) is 7.79. The molecule has 0 saturated carbocycles. The van der Waals surface area contributed by atoms with Crippen molar-refractivity contribution in [1.82, 2.24) is 10.2 Å². The zero-order chi connectivity index (χ0) is 26.6. The minimum Gasteiger partial charge on any atom is -0.508 e. The molecule has 1 aliphatic heterocycles. The van der Waals surface area contributed by atoms with Crippen LogP contribution >= 0.6 is 0 Å². The minimum atomic E-state index is -0.300. The van der Waals surface area contributed by atoms with Gasteiger partial charge in [0.15, 0.2) is 0 Å². The molecule has 3 N–H and O–H groups in total. The van der Waals surface area contributed by atoms with Crippen LogP contribution in [0.1, 0.15) is 46.2 Å². The summed E-state index contributed by atoms with van der Waals surface area (Å²) in [4.78, 5) is 29.0. The second kappa shape index (κ2) is 11.4.